The Kier molecular flexibility index (Phi) is 5.88. The van der Waals surface area contributed by atoms with Crippen molar-refractivity contribution in [3.63, 3.8) is 0 Å². The van der Waals surface area contributed by atoms with Crippen LogP contribution in [0.5, 0.6) is 0 Å². The number of aliphatic hydroxyl groups is 1. The van der Waals surface area contributed by atoms with Crippen LogP contribution in [0.15, 0.2) is 36.5 Å². The van der Waals surface area contributed by atoms with Gasteiger partial charge in [0.2, 0.25) is 0 Å². The summed E-state index contributed by atoms with van der Waals surface area (Å²) in [7, 11) is -1.36. The topological polar surface area (TPSA) is 99.4 Å². The number of aliphatic hydroxyl groups excluding tert-OH is 1. The van der Waals surface area contributed by atoms with Gasteiger partial charge in [0.05, 0.1) is 18.6 Å². The van der Waals surface area contributed by atoms with E-state index in [4.69, 9.17) is 5.11 Å². The fraction of sp³-hybridized carbons (Fsp3) is 0.519. The van der Waals surface area contributed by atoms with Crippen molar-refractivity contribution in [1.82, 2.24) is 20.0 Å². The number of benzene rings is 1. The number of hydrogen-bond donors (Lipinski definition) is 2. The van der Waals surface area contributed by atoms with Crippen molar-refractivity contribution in [3.8, 4) is 17.1 Å². The molecule has 4 aliphatic rings. The lowest BCUT2D eigenvalue weighted by atomic mass is 9.93. The molecular formula is C27H32FN7O2S. The number of hydrogen-bond acceptors (Lipinski definition) is 7. The monoisotopic (exact) mass is 537 g/mol. The van der Waals surface area contributed by atoms with Gasteiger partial charge in [0.25, 0.3) is 0 Å². The fourth-order valence-corrected chi connectivity index (χ4v) is 6.74. The average Bonchev–Trinajstić information content (AvgIpc) is 3.73. The van der Waals surface area contributed by atoms with Gasteiger partial charge >= 0.3 is 0 Å². The molecule has 2 N–H and O–H groups in total. The van der Waals surface area contributed by atoms with Crippen molar-refractivity contribution in [3.05, 3.63) is 42.3 Å². The minimum atomic E-state index is -1.36. The van der Waals surface area contributed by atoms with Crippen molar-refractivity contribution >= 4 is 28.2 Å². The summed E-state index contributed by atoms with van der Waals surface area (Å²) in [4.78, 5) is 9.05. The lowest BCUT2D eigenvalue weighted by Crippen LogP contribution is -2.34. The van der Waals surface area contributed by atoms with E-state index >= 15 is 0 Å². The summed E-state index contributed by atoms with van der Waals surface area (Å²) in [5.74, 6) is 2.15. The Morgan fingerprint density at radius 1 is 1.08 bits per heavy atom. The molecule has 38 heavy (non-hydrogen) atoms. The third-order valence-electron chi connectivity index (χ3n) is 8.72. The van der Waals surface area contributed by atoms with E-state index in [9.17, 15) is 8.60 Å². The van der Waals surface area contributed by atoms with Gasteiger partial charge in [0, 0.05) is 43.1 Å². The minimum absolute atomic E-state index is 0.139. The molecule has 0 amide bonds. The molecule has 4 heterocycles. The second kappa shape index (κ2) is 9.30. The highest BCUT2D eigenvalue weighted by atomic mass is 32.2. The Balaban J connectivity index is 1.18. The van der Waals surface area contributed by atoms with E-state index in [0.29, 0.717) is 34.6 Å². The van der Waals surface area contributed by atoms with Crippen LogP contribution in [0.3, 0.4) is 0 Å². The van der Waals surface area contributed by atoms with Crippen LogP contribution < -0.4 is 14.5 Å². The SMILES string of the molecule is O=S(CCO)Nc1ccc(-c2cn(-c3ccc(F)c(N4CC5CC5C4)n3)nn2)c(N2CCC3(CC2)CC3)c1. The Labute approximate surface area is 223 Å². The highest BCUT2D eigenvalue weighted by Crippen LogP contribution is 2.54. The summed E-state index contributed by atoms with van der Waals surface area (Å²) >= 11 is 0. The zero-order chi connectivity index (χ0) is 25.9. The van der Waals surface area contributed by atoms with Crippen LogP contribution in [0.4, 0.5) is 21.6 Å². The zero-order valence-corrected chi connectivity index (χ0v) is 22.0. The second-order valence-electron chi connectivity index (χ2n) is 11.3. The Hall–Kier alpha value is -3.05. The first-order valence-electron chi connectivity index (χ1n) is 13.5. The molecular weight excluding hydrogens is 505 g/mol. The average molecular weight is 538 g/mol. The minimum Gasteiger partial charge on any atom is -0.395 e. The van der Waals surface area contributed by atoms with E-state index < -0.39 is 11.0 Å². The quantitative estimate of drug-likeness (QED) is 0.455. The first-order chi connectivity index (χ1) is 18.5. The molecule has 1 aromatic carbocycles. The van der Waals surface area contributed by atoms with Gasteiger partial charge in [-0.05, 0) is 79.7 Å². The third-order valence-corrected chi connectivity index (χ3v) is 9.74. The lowest BCUT2D eigenvalue weighted by molar-refractivity contribution is 0.321. The summed E-state index contributed by atoms with van der Waals surface area (Å²) in [6.45, 7) is 3.52. The molecule has 0 radical (unpaired) electrons. The van der Waals surface area contributed by atoms with Gasteiger partial charge in [0.1, 0.15) is 16.7 Å². The van der Waals surface area contributed by atoms with Crippen LogP contribution in [-0.2, 0) is 11.0 Å². The normalized spacial score (nSPS) is 23.9. The molecule has 2 aromatic heterocycles. The van der Waals surface area contributed by atoms with Crippen LogP contribution in [0, 0.1) is 23.1 Å². The number of fused-ring (bicyclic) bond motifs is 1. The van der Waals surface area contributed by atoms with Gasteiger partial charge < -0.3 is 19.6 Å². The van der Waals surface area contributed by atoms with Gasteiger partial charge in [-0.15, -0.1) is 5.10 Å². The molecule has 3 aromatic rings. The Bertz CT molecular complexity index is 1370. The van der Waals surface area contributed by atoms with Crippen molar-refractivity contribution in [2.24, 2.45) is 17.3 Å². The van der Waals surface area contributed by atoms with E-state index in [1.54, 1.807) is 10.7 Å². The fourth-order valence-electron chi connectivity index (χ4n) is 6.08. The number of halogens is 1. The standard InChI is InChI=1S/C27H32FN7O2S/c28-22-3-4-25(29-26(22)34-15-18-13-19(18)16-34)35-17-23(30-32-35)21-2-1-20(31-38(37)12-11-36)14-24(21)33-9-7-27(5-6-27)8-10-33/h1-4,14,17-19,31,36H,5-13,15-16H2. The maximum absolute atomic E-state index is 14.6. The zero-order valence-electron chi connectivity index (χ0n) is 21.2. The number of piperidine rings is 2. The van der Waals surface area contributed by atoms with E-state index in [0.717, 1.165) is 43.1 Å². The van der Waals surface area contributed by atoms with Crippen molar-refractivity contribution in [2.45, 2.75) is 32.1 Å². The summed E-state index contributed by atoms with van der Waals surface area (Å²) < 4.78 is 31.5. The summed E-state index contributed by atoms with van der Waals surface area (Å²) in [6.07, 6.45) is 8.09. The van der Waals surface area contributed by atoms with Gasteiger partial charge in [-0.3, -0.25) is 0 Å². The number of nitrogens with zero attached hydrogens (tertiary/aromatic N) is 6. The molecule has 7 rings (SSSR count). The molecule has 3 atom stereocenters. The van der Waals surface area contributed by atoms with Crippen LogP contribution in [0.1, 0.15) is 32.1 Å². The van der Waals surface area contributed by atoms with Crippen LogP contribution >= 0.6 is 0 Å². The number of anilines is 3. The summed E-state index contributed by atoms with van der Waals surface area (Å²) in [5, 5.41) is 18.0. The number of pyridine rings is 1. The molecule has 2 aliphatic carbocycles. The molecule has 3 unspecified atom stereocenters. The van der Waals surface area contributed by atoms with Crippen LogP contribution in [0.25, 0.3) is 17.1 Å². The van der Waals surface area contributed by atoms with Gasteiger partial charge in [-0.25, -0.2) is 18.3 Å². The molecule has 1 spiro atoms. The van der Waals surface area contributed by atoms with Gasteiger partial charge in [0.15, 0.2) is 17.5 Å². The lowest BCUT2D eigenvalue weighted by Gasteiger charge is -2.35. The molecule has 0 bridgehead atoms. The predicted molar refractivity (Wildman–Crippen MR) is 145 cm³/mol. The Morgan fingerprint density at radius 3 is 2.61 bits per heavy atom. The highest BCUT2D eigenvalue weighted by Gasteiger charge is 2.46. The summed E-state index contributed by atoms with van der Waals surface area (Å²) in [5.41, 5.74) is 3.93. The third kappa shape index (κ3) is 4.55. The van der Waals surface area contributed by atoms with E-state index in [-0.39, 0.29) is 18.2 Å². The van der Waals surface area contributed by atoms with Crippen molar-refractivity contribution < 1.29 is 13.7 Å². The van der Waals surface area contributed by atoms with E-state index in [1.807, 2.05) is 29.3 Å². The molecule has 4 fully saturated rings. The molecule has 2 aliphatic heterocycles. The molecule has 2 saturated heterocycles. The molecule has 2 saturated carbocycles. The highest BCUT2D eigenvalue weighted by molar-refractivity contribution is 7.86. The number of aromatic nitrogens is 4. The first-order valence-corrected chi connectivity index (χ1v) is 14.8. The maximum atomic E-state index is 14.6. The molecule has 9 nitrogen and oxygen atoms in total. The molecule has 11 heteroatoms. The van der Waals surface area contributed by atoms with Gasteiger partial charge in [-0.1, -0.05) is 5.21 Å². The smallest absolute Gasteiger partial charge is 0.167 e. The second-order valence-corrected chi connectivity index (χ2v) is 12.6. The number of nitrogens with one attached hydrogen (secondary N) is 1. The van der Waals surface area contributed by atoms with E-state index in [1.165, 1.54) is 38.2 Å². The van der Waals surface area contributed by atoms with Crippen molar-refractivity contribution in [2.75, 3.05) is 53.1 Å². The molecule has 200 valence electrons. The maximum Gasteiger partial charge on any atom is 0.167 e. The predicted octanol–water partition coefficient (Wildman–Crippen LogP) is 3.37. The Morgan fingerprint density at radius 2 is 1.87 bits per heavy atom. The largest absolute Gasteiger partial charge is 0.395 e. The van der Waals surface area contributed by atoms with Gasteiger partial charge in [-0.2, -0.15) is 0 Å². The van der Waals surface area contributed by atoms with Crippen LogP contribution in [0.2, 0.25) is 0 Å². The summed E-state index contributed by atoms with van der Waals surface area (Å²) in [6, 6.07) is 8.97. The van der Waals surface area contributed by atoms with E-state index in [2.05, 4.69) is 24.9 Å². The van der Waals surface area contributed by atoms with Crippen LogP contribution in [-0.4, -0.2) is 67.8 Å². The first kappa shape index (κ1) is 24.0. The van der Waals surface area contributed by atoms with Crippen molar-refractivity contribution in [1.29, 1.82) is 0 Å². The number of rotatable bonds is 8.